The Balaban J connectivity index is 2.13. The Bertz CT molecular complexity index is 327. The van der Waals surface area contributed by atoms with Gasteiger partial charge >= 0.3 is 11.9 Å². The van der Waals surface area contributed by atoms with Crippen molar-refractivity contribution in [2.45, 2.75) is 46.0 Å². The smallest absolute Gasteiger partial charge is 0.333 e. The lowest BCUT2D eigenvalue weighted by Gasteiger charge is -2.28. The predicted octanol–water partition coefficient (Wildman–Crippen LogP) is 2.87. The van der Waals surface area contributed by atoms with Gasteiger partial charge in [-0.05, 0) is 50.9 Å². The van der Waals surface area contributed by atoms with Crippen LogP contribution in [0.5, 0.6) is 0 Å². The Hall–Kier alpha value is -1.32. The number of carbonyl (C=O) groups excluding carboxylic acids is 2. The summed E-state index contributed by atoms with van der Waals surface area (Å²) in [6.07, 6.45) is 5.34. The van der Waals surface area contributed by atoms with Gasteiger partial charge in [-0.3, -0.25) is 4.79 Å². The van der Waals surface area contributed by atoms with Crippen LogP contribution in [0.25, 0.3) is 0 Å². The Kier molecular flexibility index (Phi) is 6.60. The van der Waals surface area contributed by atoms with Gasteiger partial charge in [0, 0.05) is 12.5 Å². The summed E-state index contributed by atoms with van der Waals surface area (Å²) in [7, 11) is 0. The second-order valence-electron chi connectivity index (χ2n) is 5.39. The molecule has 0 N–H and O–H groups in total. The second-order valence-corrected chi connectivity index (χ2v) is 5.39. The van der Waals surface area contributed by atoms with Gasteiger partial charge in [0.1, 0.15) is 0 Å². The van der Waals surface area contributed by atoms with Crippen molar-refractivity contribution in [2.75, 3.05) is 13.2 Å². The summed E-state index contributed by atoms with van der Waals surface area (Å²) in [4.78, 5) is 21.9. The molecule has 0 spiro atoms. The maximum Gasteiger partial charge on any atom is 0.333 e. The van der Waals surface area contributed by atoms with Crippen molar-refractivity contribution in [3.8, 4) is 0 Å². The van der Waals surface area contributed by atoms with Crippen LogP contribution in [0.15, 0.2) is 12.2 Å². The maximum absolute atomic E-state index is 11.3. The number of carbonyl (C=O) groups is 2. The molecule has 4 heteroatoms. The van der Waals surface area contributed by atoms with Crippen LogP contribution in [0.4, 0.5) is 0 Å². The summed E-state index contributed by atoms with van der Waals surface area (Å²) in [5, 5.41) is 0. The third kappa shape index (κ3) is 6.41. The minimum Gasteiger partial charge on any atom is -0.466 e. The van der Waals surface area contributed by atoms with E-state index in [1.165, 1.54) is 6.92 Å². The van der Waals surface area contributed by atoms with E-state index < -0.39 is 0 Å². The van der Waals surface area contributed by atoms with Crippen LogP contribution in [0.3, 0.4) is 0 Å². The van der Waals surface area contributed by atoms with Crippen molar-refractivity contribution in [1.29, 1.82) is 0 Å². The summed E-state index contributed by atoms with van der Waals surface area (Å²) in [6.45, 7) is 7.69. The number of hydrogen-bond acceptors (Lipinski definition) is 4. The lowest BCUT2D eigenvalue weighted by Crippen LogP contribution is -2.21. The first-order valence-electron chi connectivity index (χ1n) is 6.95. The van der Waals surface area contributed by atoms with E-state index >= 15 is 0 Å². The fourth-order valence-electron chi connectivity index (χ4n) is 2.37. The summed E-state index contributed by atoms with van der Waals surface area (Å²) in [5.41, 5.74) is 0.454. The van der Waals surface area contributed by atoms with E-state index in [9.17, 15) is 9.59 Å². The molecule has 108 valence electrons. The molecule has 0 bridgehead atoms. The Labute approximate surface area is 115 Å². The van der Waals surface area contributed by atoms with Gasteiger partial charge in [0.25, 0.3) is 0 Å². The molecule has 0 aromatic rings. The van der Waals surface area contributed by atoms with Gasteiger partial charge in [0.15, 0.2) is 0 Å². The number of hydrogen-bond donors (Lipinski definition) is 0. The predicted molar refractivity (Wildman–Crippen MR) is 72.5 cm³/mol. The Morgan fingerprint density at radius 1 is 1.05 bits per heavy atom. The monoisotopic (exact) mass is 268 g/mol. The van der Waals surface area contributed by atoms with Crippen LogP contribution in [0.1, 0.15) is 46.0 Å². The molecule has 1 aliphatic rings. The molecule has 19 heavy (non-hydrogen) atoms. The third-order valence-corrected chi connectivity index (χ3v) is 3.60. The fourth-order valence-corrected chi connectivity index (χ4v) is 2.37. The molecule has 1 fully saturated rings. The van der Waals surface area contributed by atoms with Crippen LogP contribution in [0, 0.1) is 11.8 Å². The zero-order valence-corrected chi connectivity index (χ0v) is 11.9. The molecule has 0 saturated heterocycles. The van der Waals surface area contributed by atoms with Gasteiger partial charge in [-0.1, -0.05) is 6.58 Å². The van der Waals surface area contributed by atoms with E-state index in [0.717, 1.165) is 32.1 Å². The van der Waals surface area contributed by atoms with Gasteiger partial charge in [-0.15, -0.1) is 0 Å². The van der Waals surface area contributed by atoms with Crippen molar-refractivity contribution in [2.24, 2.45) is 11.8 Å². The first-order chi connectivity index (χ1) is 8.99. The van der Waals surface area contributed by atoms with Gasteiger partial charge in [-0.2, -0.15) is 0 Å². The molecule has 0 amide bonds. The van der Waals surface area contributed by atoms with E-state index in [0.29, 0.717) is 30.6 Å². The Morgan fingerprint density at radius 2 is 1.63 bits per heavy atom. The van der Waals surface area contributed by atoms with E-state index in [1.807, 2.05) is 0 Å². The lowest BCUT2D eigenvalue weighted by molar-refractivity contribution is -0.141. The highest BCUT2D eigenvalue weighted by Gasteiger charge is 2.22. The summed E-state index contributed by atoms with van der Waals surface area (Å²) in [6, 6.07) is 0. The first kappa shape index (κ1) is 15.7. The van der Waals surface area contributed by atoms with Gasteiger partial charge in [0.05, 0.1) is 13.2 Å². The molecule has 0 aromatic carbocycles. The molecule has 0 aliphatic heterocycles. The van der Waals surface area contributed by atoms with E-state index in [1.54, 1.807) is 6.92 Å². The molecule has 4 nitrogen and oxygen atoms in total. The van der Waals surface area contributed by atoms with E-state index in [4.69, 9.17) is 9.47 Å². The average Bonchev–Trinajstić information content (AvgIpc) is 2.37. The molecule has 1 aliphatic carbocycles. The van der Waals surface area contributed by atoms with Crippen LogP contribution >= 0.6 is 0 Å². The number of ether oxygens (including phenoxy) is 2. The molecule has 1 rings (SSSR count). The number of rotatable bonds is 6. The van der Waals surface area contributed by atoms with Crippen LogP contribution in [0.2, 0.25) is 0 Å². The number of esters is 2. The van der Waals surface area contributed by atoms with Crippen LogP contribution < -0.4 is 0 Å². The highest BCUT2D eigenvalue weighted by molar-refractivity contribution is 5.86. The highest BCUT2D eigenvalue weighted by atomic mass is 16.5. The fraction of sp³-hybridized carbons (Fsp3) is 0.733. The summed E-state index contributed by atoms with van der Waals surface area (Å²) in [5.74, 6) is 0.595. The van der Waals surface area contributed by atoms with Crippen molar-refractivity contribution in [3.05, 3.63) is 12.2 Å². The normalized spacial score (nSPS) is 22.6. The minimum absolute atomic E-state index is 0.208. The van der Waals surface area contributed by atoms with Crippen LogP contribution in [-0.4, -0.2) is 25.2 Å². The Morgan fingerprint density at radius 3 is 2.16 bits per heavy atom. The molecular formula is C15H24O4. The first-order valence-corrected chi connectivity index (χ1v) is 6.95. The average molecular weight is 268 g/mol. The molecule has 0 heterocycles. The second kappa shape index (κ2) is 7.97. The highest BCUT2D eigenvalue weighted by Crippen LogP contribution is 2.31. The zero-order chi connectivity index (χ0) is 14.3. The SMILES string of the molecule is C=C(C)C(=O)OCC1CCC(CCOC(C)=O)CC1. The molecule has 0 atom stereocenters. The standard InChI is InChI=1S/C15H24O4/c1-11(2)15(17)19-10-14-6-4-13(5-7-14)8-9-18-12(3)16/h13-14H,1,4-10H2,2-3H3. The molecule has 1 saturated carbocycles. The van der Waals surface area contributed by atoms with Gasteiger partial charge < -0.3 is 9.47 Å². The lowest BCUT2D eigenvalue weighted by atomic mass is 9.81. The van der Waals surface area contributed by atoms with Crippen molar-refractivity contribution < 1.29 is 19.1 Å². The zero-order valence-electron chi connectivity index (χ0n) is 11.9. The van der Waals surface area contributed by atoms with Crippen molar-refractivity contribution >= 4 is 11.9 Å². The van der Waals surface area contributed by atoms with Gasteiger partial charge in [-0.25, -0.2) is 4.79 Å². The topological polar surface area (TPSA) is 52.6 Å². The van der Waals surface area contributed by atoms with E-state index in [-0.39, 0.29) is 11.9 Å². The summed E-state index contributed by atoms with van der Waals surface area (Å²) < 4.78 is 10.1. The van der Waals surface area contributed by atoms with Crippen molar-refractivity contribution in [3.63, 3.8) is 0 Å². The molecular weight excluding hydrogens is 244 g/mol. The third-order valence-electron chi connectivity index (χ3n) is 3.60. The van der Waals surface area contributed by atoms with Crippen LogP contribution in [-0.2, 0) is 19.1 Å². The molecule has 0 unspecified atom stereocenters. The van der Waals surface area contributed by atoms with Gasteiger partial charge in [0.2, 0.25) is 0 Å². The maximum atomic E-state index is 11.3. The largest absolute Gasteiger partial charge is 0.466 e. The quantitative estimate of drug-likeness (QED) is 0.549. The summed E-state index contributed by atoms with van der Waals surface area (Å²) >= 11 is 0. The van der Waals surface area contributed by atoms with Crippen molar-refractivity contribution in [1.82, 2.24) is 0 Å². The van der Waals surface area contributed by atoms with E-state index in [2.05, 4.69) is 6.58 Å². The molecule has 0 radical (unpaired) electrons. The minimum atomic E-state index is -0.294. The molecule has 0 aromatic heterocycles.